The van der Waals surface area contributed by atoms with Crippen molar-refractivity contribution in [3.63, 3.8) is 0 Å². The molecule has 1 aromatic heterocycles. The number of methoxy groups -OCH3 is 1. The van der Waals surface area contributed by atoms with Crippen LogP contribution in [0.2, 0.25) is 10.0 Å². The normalized spacial score (nSPS) is 10.7. The molecule has 0 saturated heterocycles. The van der Waals surface area contributed by atoms with Crippen molar-refractivity contribution in [2.45, 2.75) is 0 Å². The minimum atomic E-state index is -0.441. The van der Waals surface area contributed by atoms with E-state index in [2.05, 4.69) is 15.6 Å². The first kappa shape index (κ1) is 21.1. The summed E-state index contributed by atoms with van der Waals surface area (Å²) >= 11 is 17.2. The van der Waals surface area contributed by atoms with Gasteiger partial charge in [-0.05, 0) is 60.7 Å². The van der Waals surface area contributed by atoms with E-state index in [0.717, 1.165) is 5.56 Å². The summed E-state index contributed by atoms with van der Waals surface area (Å²) in [6.07, 6.45) is 0. The summed E-state index contributed by atoms with van der Waals surface area (Å²) in [4.78, 5) is 16.9. The highest BCUT2D eigenvalue weighted by molar-refractivity contribution is 7.80. The first-order valence-corrected chi connectivity index (χ1v) is 10.2. The van der Waals surface area contributed by atoms with Gasteiger partial charge >= 0.3 is 0 Å². The molecule has 0 aliphatic carbocycles. The van der Waals surface area contributed by atoms with Gasteiger partial charge in [-0.1, -0.05) is 29.3 Å². The molecule has 4 aromatic rings. The summed E-state index contributed by atoms with van der Waals surface area (Å²) in [5, 5.41) is 6.38. The number of amides is 1. The number of thiocarbonyl (C=S) groups is 1. The summed E-state index contributed by atoms with van der Waals surface area (Å²) in [6, 6.07) is 17.3. The number of carbonyl (C=O) groups excluding carboxylic acids is 1. The maximum atomic E-state index is 12.4. The zero-order valence-corrected chi connectivity index (χ0v) is 18.4. The van der Waals surface area contributed by atoms with Crippen molar-refractivity contribution in [1.82, 2.24) is 10.3 Å². The molecule has 1 amide bonds. The number of carbonyl (C=O) groups is 1. The van der Waals surface area contributed by atoms with E-state index in [0.29, 0.717) is 33.4 Å². The maximum absolute atomic E-state index is 12.4. The third-order valence-corrected chi connectivity index (χ3v) is 5.12. The SMILES string of the molecule is COc1ccc2oc(-c3cccc(NC(=S)NC(=O)c4ccc(Cl)cc4Cl)c3)nc2c1. The molecular weight excluding hydrogens is 457 g/mol. The summed E-state index contributed by atoms with van der Waals surface area (Å²) in [5.74, 6) is 0.711. The van der Waals surface area contributed by atoms with Gasteiger partial charge in [0.2, 0.25) is 5.89 Å². The quantitative estimate of drug-likeness (QED) is 0.358. The fourth-order valence-corrected chi connectivity index (χ4v) is 3.60. The van der Waals surface area contributed by atoms with Crippen LogP contribution in [0.5, 0.6) is 5.75 Å². The van der Waals surface area contributed by atoms with Gasteiger partial charge < -0.3 is 14.5 Å². The molecule has 0 bridgehead atoms. The fraction of sp³-hybridized carbons (Fsp3) is 0.0455. The molecule has 2 N–H and O–H groups in total. The molecule has 6 nitrogen and oxygen atoms in total. The van der Waals surface area contributed by atoms with Crippen molar-refractivity contribution in [3.8, 4) is 17.2 Å². The molecular formula is C22H15Cl2N3O3S. The molecule has 0 unspecified atom stereocenters. The van der Waals surface area contributed by atoms with Gasteiger partial charge in [-0.25, -0.2) is 4.98 Å². The minimum Gasteiger partial charge on any atom is -0.497 e. The van der Waals surface area contributed by atoms with Crippen LogP contribution in [0.1, 0.15) is 10.4 Å². The van der Waals surface area contributed by atoms with Crippen LogP contribution in [0.15, 0.2) is 65.1 Å². The van der Waals surface area contributed by atoms with Gasteiger partial charge in [-0.3, -0.25) is 10.1 Å². The Balaban J connectivity index is 1.49. The molecule has 3 aromatic carbocycles. The van der Waals surface area contributed by atoms with E-state index in [1.165, 1.54) is 12.1 Å². The second-order valence-corrected chi connectivity index (χ2v) is 7.72. The second kappa shape index (κ2) is 8.93. The van der Waals surface area contributed by atoms with Crippen molar-refractivity contribution in [2.75, 3.05) is 12.4 Å². The van der Waals surface area contributed by atoms with Crippen LogP contribution in [0.4, 0.5) is 5.69 Å². The minimum absolute atomic E-state index is 0.121. The lowest BCUT2D eigenvalue weighted by Crippen LogP contribution is -2.34. The standard InChI is InChI=1S/C22H15Cl2N3O3S/c1-29-15-6-8-19-18(11-15)26-21(30-19)12-3-2-4-14(9-12)25-22(31)27-20(28)16-7-5-13(23)10-17(16)24/h2-11H,1H3,(H2,25,27,28,31). The molecule has 0 atom stereocenters. The summed E-state index contributed by atoms with van der Waals surface area (Å²) in [6.45, 7) is 0. The second-order valence-electron chi connectivity index (χ2n) is 6.47. The number of halogens is 2. The largest absolute Gasteiger partial charge is 0.497 e. The predicted molar refractivity (Wildman–Crippen MR) is 126 cm³/mol. The number of ether oxygens (including phenoxy) is 1. The highest BCUT2D eigenvalue weighted by Crippen LogP contribution is 2.28. The number of nitrogens with zero attached hydrogens (tertiary/aromatic N) is 1. The van der Waals surface area contributed by atoms with E-state index in [9.17, 15) is 4.79 Å². The molecule has 0 saturated carbocycles. The zero-order chi connectivity index (χ0) is 22.0. The number of nitrogens with one attached hydrogen (secondary N) is 2. The van der Waals surface area contributed by atoms with E-state index in [1.54, 1.807) is 25.3 Å². The molecule has 0 radical (unpaired) electrons. The van der Waals surface area contributed by atoms with Crippen molar-refractivity contribution >= 4 is 63.2 Å². The number of anilines is 1. The van der Waals surface area contributed by atoms with Gasteiger partial charge in [0.1, 0.15) is 11.3 Å². The number of oxazole rings is 1. The Morgan fingerprint density at radius 3 is 2.71 bits per heavy atom. The number of benzene rings is 3. The number of hydrogen-bond donors (Lipinski definition) is 2. The lowest BCUT2D eigenvalue weighted by atomic mass is 10.2. The molecule has 31 heavy (non-hydrogen) atoms. The highest BCUT2D eigenvalue weighted by Gasteiger charge is 2.13. The van der Waals surface area contributed by atoms with Gasteiger partial charge in [0, 0.05) is 22.3 Å². The van der Waals surface area contributed by atoms with Crippen LogP contribution in [0.3, 0.4) is 0 Å². The molecule has 0 aliphatic heterocycles. The molecule has 0 aliphatic rings. The van der Waals surface area contributed by atoms with Crippen molar-refractivity contribution in [1.29, 1.82) is 0 Å². The Labute approximate surface area is 193 Å². The summed E-state index contributed by atoms with van der Waals surface area (Å²) < 4.78 is 11.1. The lowest BCUT2D eigenvalue weighted by Gasteiger charge is -2.11. The van der Waals surface area contributed by atoms with Gasteiger partial charge in [0.25, 0.3) is 5.91 Å². The monoisotopic (exact) mass is 471 g/mol. The van der Waals surface area contributed by atoms with E-state index in [1.807, 2.05) is 30.3 Å². The fourth-order valence-electron chi connectivity index (χ4n) is 2.89. The first-order chi connectivity index (χ1) is 14.9. The van der Waals surface area contributed by atoms with Crippen LogP contribution in [-0.4, -0.2) is 23.1 Å². The Hall–Kier alpha value is -3.13. The van der Waals surface area contributed by atoms with Crippen LogP contribution >= 0.6 is 35.4 Å². The molecule has 9 heteroatoms. The average Bonchev–Trinajstić information content (AvgIpc) is 3.17. The van der Waals surface area contributed by atoms with Crippen LogP contribution in [-0.2, 0) is 0 Å². The molecule has 156 valence electrons. The van der Waals surface area contributed by atoms with E-state index < -0.39 is 5.91 Å². The van der Waals surface area contributed by atoms with Crippen LogP contribution in [0, 0.1) is 0 Å². The topological polar surface area (TPSA) is 76.4 Å². The molecule has 4 rings (SSSR count). The third-order valence-electron chi connectivity index (χ3n) is 4.36. The molecule has 0 spiro atoms. The number of aromatic nitrogens is 1. The van der Waals surface area contributed by atoms with Gasteiger partial charge in [0.15, 0.2) is 10.7 Å². The van der Waals surface area contributed by atoms with E-state index in [4.69, 9.17) is 44.6 Å². The summed E-state index contributed by atoms with van der Waals surface area (Å²) in [7, 11) is 1.60. The summed E-state index contributed by atoms with van der Waals surface area (Å²) in [5.41, 5.74) is 3.01. The maximum Gasteiger partial charge on any atom is 0.258 e. The van der Waals surface area contributed by atoms with Gasteiger partial charge in [-0.2, -0.15) is 0 Å². The van der Waals surface area contributed by atoms with Crippen molar-refractivity contribution in [3.05, 3.63) is 76.3 Å². The molecule has 1 heterocycles. The average molecular weight is 472 g/mol. The number of fused-ring (bicyclic) bond motifs is 1. The van der Waals surface area contributed by atoms with Crippen molar-refractivity contribution < 1.29 is 13.9 Å². The van der Waals surface area contributed by atoms with Gasteiger partial charge in [0.05, 0.1) is 17.7 Å². The third kappa shape index (κ3) is 4.80. The molecule has 0 fully saturated rings. The first-order valence-electron chi connectivity index (χ1n) is 9.05. The highest BCUT2D eigenvalue weighted by atomic mass is 35.5. The predicted octanol–water partition coefficient (Wildman–Crippen LogP) is 5.94. The Morgan fingerprint density at radius 1 is 1.10 bits per heavy atom. The van der Waals surface area contributed by atoms with E-state index >= 15 is 0 Å². The Bertz CT molecular complexity index is 1310. The Morgan fingerprint density at radius 2 is 1.94 bits per heavy atom. The lowest BCUT2D eigenvalue weighted by molar-refractivity contribution is 0.0978. The zero-order valence-electron chi connectivity index (χ0n) is 16.1. The number of rotatable bonds is 4. The number of hydrogen-bond acceptors (Lipinski definition) is 5. The van der Waals surface area contributed by atoms with Crippen LogP contribution < -0.4 is 15.4 Å². The van der Waals surface area contributed by atoms with E-state index in [-0.39, 0.29) is 15.7 Å². The smallest absolute Gasteiger partial charge is 0.258 e. The van der Waals surface area contributed by atoms with Gasteiger partial charge in [-0.15, -0.1) is 0 Å². The Kier molecular flexibility index (Phi) is 6.08. The van der Waals surface area contributed by atoms with Crippen molar-refractivity contribution in [2.24, 2.45) is 0 Å². The van der Waals surface area contributed by atoms with Crippen LogP contribution in [0.25, 0.3) is 22.6 Å².